The minimum Gasteiger partial charge on any atom is -0.460 e. The summed E-state index contributed by atoms with van der Waals surface area (Å²) in [4.78, 5) is 22.5. The van der Waals surface area contributed by atoms with Crippen molar-refractivity contribution in [1.82, 2.24) is 0 Å². The van der Waals surface area contributed by atoms with E-state index >= 15 is 0 Å². The van der Waals surface area contributed by atoms with Gasteiger partial charge in [-0.05, 0) is 65.0 Å². The van der Waals surface area contributed by atoms with Crippen LogP contribution in [0.1, 0.15) is 26.7 Å². The quantitative estimate of drug-likeness (QED) is 0.105. The van der Waals surface area contributed by atoms with Gasteiger partial charge in [0, 0.05) is 25.4 Å². The Labute approximate surface area is 212 Å². The van der Waals surface area contributed by atoms with Crippen molar-refractivity contribution in [2.24, 2.45) is 0 Å². The zero-order valence-corrected chi connectivity index (χ0v) is 24.3. The Hall–Kier alpha value is -1.35. The number of rotatable bonds is 20. The first kappa shape index (κ1) is 33.7. The lowest BCUT2D eigenvalue weighted by Gasteiger charge is -2.34. The lowest BCUT2D eigenvalue weighted by molar-refractivity contribution is -0.142. The average molecular weight is 535 g/mol. The summed E-state index contributed by atoms with van der Waals surface area (Å²) in [6.45, 7) is 13.4. The van der Waals surface area contributed by atoms with E-state index < -0.39 is 40.8 Å². The summed E-state index contributed by atoms with van der Waals surface area (Å²) in [6.07, 6.45) is 5.77. The van der Waals surface area contributed by atoms with Crippen LogP contribution in [0.3, 0.4) is 0 Å². The third-order valence-corrected chi connectivity index (χ3v) is 12.3. The normalized spacial score (nSPS) is 14.4. The van der Waals surface area contributed by atoms with Gasteiger partial charge in [-0.25, -0.2) is 9.59 Å². The van der Waals surface area contributed by atoms with E-state index in [-0.39, 0.29) is 26.4 Å². The average Bonchev–Trinajstić information content (AvgIpc) is 2.75. The zero-order valence-electron chi connectivity index (χ0n) is 22.3. The van der Waals surface area contributed by atoms with Crippen LogP contribution in [0.25, 0.3) is 0 Å². The summed E-state index contributed by atoms with van der Waals surface area (Å²) in [5, 5.41) is 19.6. The van der Waals surface area contributed by atoms with Gasteiger partial charge in [0.2, 0.25) is 0 Å². The molecule has 0 saturated heterocycles. The van der Waals surface area contributed by atoms with Crippen molar-refractivity contribution in [3.05, 3.63) is 24.3 Å². The largest absolute Gasteiger partial charge is 0.460 e. The first-order valence-electron chi connectivity index (χ1n) is 12.2. The Morgan fingerprint density at radius 3 is 1.43 bits per heavy atom. The third-order valence-electron chi connectivity index (χ3n) is 4.75. The summed E-state index contributed by atoms with van der Waals surface area (Å²) in [7, 11) is -3.73. The van der Waals surface area contributed by atoms with E-state index in [1.165, 1.54) is 12.2 Å². The molecule has 0 saturated carbocycles. The van der Waals surface area contributed by atoms with Crippen molar-refractivity contribution in [3.63, 3.8) is 0 Å². The first-order valence-corrected chi connectivity index (χ1v) is 18.4. The van der Waals surface area contributed by atoms with Gasteiger partial charge < -0.3 is 33.3 Å². The van der Waals surface area contributed by atoms with Crippen LogP contribution in [0.2, 0.25) is 38.3 Å². The molecule has 0 rings (SSSR count). The molecule has 2 atom stereocenters. The number of hydrogen-bond donors (Lipinski definition) is 2. The van der Waals surface area contributed by atoms with Crippen LogP contribution >= 0.6 is 0 Å². The van der Waals surface area contributed by atoms with E-state index in [0.29, 0.717) is 13.2 Å². The highest BCUT2D eigenvalue weighted by molar-refractivity contribution is 6.84. The molecule has 9 nitrogen and oxygen atoms in total. The number of hydrogen-bond acceptors (Lipinski definition) is 9. The van der Waals surface area contributed by atoms with Crippen molar-refractivity contribution in [2.45, 2.75) is 77.2 Å². The molecule has 0 aromatic rings. The van der Waals surface area contributed by atoms with Crippen LogP contribution in [0.5, 0.6) is 0 Å². The van der Waals surface area contributed by atoms with Gasteiger partial charge in [-0.2, -0.15) is 0 Å². The summed E-state index contributed by atoms with van der Waals surface area (Å²) in [5.74, 6) is -0.953. The molecule has 35 heavy (non-hydrogen) atoms. The van der Waals surface area contributed by atoms with Crippen LogP contribution in [-0.4, -0.2) is 90.6 Å². The van der Waals surface area contributed by atoms with Gasteiger partial charge in [0.15, 0.2) is 16.6 Å². The van der Waals surface area contributed by atoms with E-state index in [9.17, 15) is 19.8 Å². The number of carbonyl (C=O) groups excluding carboxylic acids is 2. The second-order valence-corrected chi connectivity index (χ2v) is 18.4. The Balaban J connectivity index is 3.99. The zero-order chi connectivity index (χ0) is 26.7. The van der Waals surface area contributed by atoms with Gasteiger partial charge in [-0.1, -0.05) is 12.2 Å². The van der Waals surface area contributed by atoms with E-state index in [2.05, 4.69) is 26.2 Å². The van der Waals surface area contributed by atoms with Crippen molar-refractivity contribution >= 4 is 28.6 Å². The molecule has 0 fully saturated rings. The van der Waals surface area contributed by atoms with Gasteiger partial charge in [0.25, 0.3) is 0 Å². The second-order valence-electron chi connectivity index (χ2n) is 9.55. The summed E-state index contributed by atoms with van der Waals surface area (Å²) in [5.41, 5.74) is 0. The lowest BCUT2D eigenvalue weighted by atomic mass is 10.4. The maximum Gasteiger partial charge on any atom is 0.330 e. The van der Waals surface area contributed by atoms with E-state index in [0.717, 1.165) is 24.9 Å². The lowest BCUT2D eigenvalue weighted by Crippen LogP contribution is -2.44. The fraction of sp³-hybridized carbons (Fsp3) is 0.750. The van der Waals surface area contributed by atoms with Gasteiger partial charge in [-0.15, -0.1) is 0 Å². The van der Waals surface area contributed by atoms with Crippen LogP contribution < -0.4 is 0 Å². The van der Waals surface area contributed by atoms with E-state index in [4.69, 9.17) is 23.1 Å². The highest BCUT2D eigenvalue weighted by Crippen LogP contribution is 2.23. The van der Waals surface area contributed by atoms with Gasteiger partial charge >= 0.3 is 11.9 Å². The molecule has 0 aromatic heterocycles. The summed E-state index contributed by atoms with van der Waals surface area (Å²) >= 11 is 0. The molecule has 2 unspecified atom stereocenters. The molecular formula is C24H46O9Si2. The van der Waals surface area contributed by atoms with Crippen LogP contribution in [0.4, 0.5) is 0 Å². The Morgan fingerprint density at radius 2 is 1.09 bits per heavy atom. The fourth-order valence-electron chi connectivity index (χ4n) is 3.31. The molecule has 0 spiro atoms. The molecule has 0 aliphatic rings. The Kier molecular flexibility index (Phi) is 18.1. The minimum atomic E-state index is -1.86. The van der Waals surface area contributed by atoms with Crippen molar-refractivity contribution in [2.75, 3.05) is 39.6 Å². The predicted octanol–water partition coefficient (Wildman–Crippen LogP) is 3.19. The van der Waals surface area contributed by atoms with Crippen LogP contribution in [0, 0.1) is 0 Å². The maximum atomic E-state index is 11.2. The number of ether oxygens (including phenoxy) is 4. The fourth-order valence-corrected chi connectivity index (χ4v) is 12.1. The Bertz CT molecular complexity index is 597. The summed E-state index contributed by atoms with van der Waals surface area (Å²) in [6, 6.07) is 1.90. The molecule has 0 radical (unpaired) electrons. The number of aliphatic hydroxyl groups excluding tert-OH is 2. The van der Waals surface area contributed by atoms with Crippen molar-refractivity contribution < 1.29 is 42.9 Å². The number of carbonyl (C=O) groups is 2. The number of esters is 2. The molecular weight excluding hydrogens is 488 g/mol. The van der Waals surface area contributed by atoms with Gasteiger partial charge in [-0.3, -0.25) is 0 Å². The molecule has 0 aliphatic heterocycles. The van der Waals surface area contributed by atoms with Crippen molar-refractivity contribution in [3.8, 4) is 0 Å². The minimum absolute atomic E-state index is 0.0843. The molecule has 11 heteroatoms. The highest BCUT2D eigenvalue weighted by atomic mass is 28.4. The molecule has 0 bridgehead atoms. The summed E-state index contributed by atoms with van der Waals surface area (Å²) < 4.78 is 27.4. The van der Waals surface area contributed by atoms with Crippen LogP contribution in [0.15, 0.2) is 24.3 Å². The van der Waals surface area contributed by atoms with E-state index in [1.807, 2.05) is 0 Å². The van der Waals surface area contributed by atoms with Gasteiger partial charge in [0.1, 0.15) is 25.4 Å². The number of allylic oxidation sites excluding steroid dienone is 2. The smallest absolute Gasteiger partial charge is 0.330 e. The molecule has 0 aromatic carbocycles. The Morgan fingerprint density at radius 1 is 0.714 bits per heavy atom. The number of aliphatic hydroxyl groups is 2. The van der Waals surface area contributed by atoms with E-state index in [1.54, 1.807) is 26.0 Å². The SMILES string of the molecule is CC=CC(=O)OCC(O)COCCC[Si](C)(C)O[Si](C)(C)CCCOCC(O)COC(=O)C=CC. The molecule has 0 aliphatic carbocycles. The monoisotopic (exact) mass is 534 g/mol. The van der Waals surface area contributed by atoms with Crippen LogP contribution in [-0.2, 0) is 32.7 Å². The molecule has 0 heterocycles. The van der Waals surface area contributed by atoms with Gasteiger partial charge in [0.05, 0.1) is 13.2 Å². The molecule has 204 valence electrons. The molecule has 2 N–H and O–H groups in total. The topological polar surface area (TPSA) is 121 Å². The third kappa shape index (κ3) is 20.5. The maximum absolute atomic E-state index is 11.2. The van der Waals surface area contributed by atoms with Crippen molar-refractivity contribution in [1.29, 1.82) is 0 Å². The first-order chi connectivity index (χ1) is 16.4. The second kappa shape index (κ2) is 18.9. The molecule has 0 amide bonds. The predicted molar refractivity (Wildman–Crippen MR) is 140 cm³/mol. The standard InChI is InChI=1S/C24H46O9Si2/c1-7-11-23(27)31-19-21(25)17-29-13-9-15-34(3,4)33-35(5,6)16-10-14-30-18-22(26)20-32-24(28)12-8-2/h7-8,11-12,21-22,25-26H,9-10,13-20H2,1-6H3. The highest BCUT2D eigenvalue weighted by Gasteiger charge is 2.32.